The molecule has 0 spiro atoms. The van der Waals surface area contributed by atoms with Gasteiger partial charge >= 0.3 is 5.97 Å². The fraction of sp³-hybridized carbons (Fsp3) is 0.476. The van der Waals surface area contributed by atoms with Crippen molar-refractivity contribution in [3.63, 3.8) is 0 Å². The van der Waals surface area contributed by atoms with E-state index in [0.29, 0.717) is 5.89 Å². The zero-order valence-electron chi connectivity index (χ0n) is 16.4. The summed E-state index contributed by atoms with van der Waals surface area (Å²) in [5, 5.41) is 9.09. The summed E-state index contributed by atoms with van der Waals surface area (Å²) >= 11 is 0. The maximum Gasteiger partial charge on any atom is 0.323 e. The van der Waals surface area contributed by atoms with Crippen LogP contribution < -0.4 is 0 Å². The molecule has 1 fully saturated rings. The first-order valence-corrected chi connectivity index (χ1v) is 9.70. The number of carbonyl (C=O) groups is 2. The van der Waals surface area contributed by atoms with Crippen molar-refractivity contribution in [2.45, 2.75) is 45.2 Å². The molecule has 2 heterocycles. The van der Waals surface area contributed by atoms with Crippen LogP contribution in [-0.2, 0) is 9.59 Å². The largest absolute Gasteiger partial charge is 0.480 e. The van der Waals surface area contributed by atoms with E-state index in [1.165, 1.54) is 11.8 Å². The third kappa shape index (κ3) is 4.78. The van der Waals surface area contributed by atoms with Crippen molar-refractivity contribution in [2.24, 2.45) is 0 Å². The van der Waals surface area contributed by atoms with E-state index in [9.17, 15) is 9.59 Å². The number of hydrogen-bond donors (Lipinski definition) is 1. The lowest BCUT2D eigenvalue weighted by Gasteiger charge is -2.29. The maximum atomic E-state index is 11.9. The molecule has 1 N–H and O–H groups in total. The molecule has 1 aliphatic rings. The van der Waals surface area contributed by atoms with Crippen molar-refractivity contribution in [3.8, 4) is 11.3 Å². The highest BCUT2D eigenvalue weighted by atomic mass is 16.4. The molecule has 7 heteroatoms. The van der Waals surface area contributed by atoms with Crippen LogP contribution in [0.2, 0.25) is 0 Å². The fourth-order valence-electron chi connectivity index (χ4n) is 3.82. The van der Waals surface area contributed by atoms with Crippen LogP contribution in [0, 0.1) is 0 Å². The monoisotopic (exact) mass is 385 g/mol. The summed E-state index contributed by atoms with van der Waals surface area (Å²) in [5.74, 6) is 0.262. The first kappa shape index (κ1) is 20.1. The highest BCUT2D eigenvalue weighted by molar-refractivity contribution is 5.79. The van der Waals surface area contributed by atoms with E-state index < -0.39 is 5.97 Å². The molecule has 0 aliphatic carbocycles. The van der Waals surface area contributed by atoms with Crippen LogP contribution in [0.4, 0.5) is 0 Å². The Morgan fingerprint density at radius 2 is 2.04 bits per heavy atom. The second-order valence-corrected chi connectivity index (χ2v) is 7.27. The Hall–Kier alpha value is -2.67. The van der Waals surface area contributed by atoms with Gasteiger partial charge in [0, 0.05) is 25.1 Å². The van der Waals surface area contributed by atoms with E-state index >= 15 is 0 Å². The Labute approximate surface area is 165 Å². The number of nitrogens with zero attached hydrogens (tertiary/aromatic N) is 3. The molecule has 28 heavy (non-hydrogen) atoms. The third-order valence-electron chi connectivity index (χ3n) is 5.37. The van der Waals surface area contributed by atoms with E-state index in [1.807, 2.05) is 30.3 Å². The topological polar surface area (TPSA) is 86.9 Å². The minimum atomic E-state index is -0.974. The molecular formula is C21H27N3O4. The number of oxazole rings is 1. The van der Waals surface area contributed by atoms with Crippen LogP contribution in [0.25, 0.3) is 11.3 Å². The molecule has 1 aromatic heterocycles. The van der Waals surface area contributed by atoms with Gasteiger partial charge in [-0.3, -0.25) is 14.5 Å². The van der Waals surface area contributed by atoms with Crippen molar-refractivity contribution in [1.29, 1.82) is 0 Å². The number of hydrogen-bond acceptors (Lipinski definition) is 5. The number of carboxylic acids is 1. The van der Waals surface area contributed by atoms with Gasteiger partial charge in [-0.05, 0) is 32.7 Å². The second-order valence-electron chi connectivity index (χ2n) is 7.27. The highest BCUT2D eigenvalue weighted by Crippen LogP contribution is 2.28. The van der Waals surface area contributed by atoms with Crippen molar-refractivity contribution in [1.82, 2.24) is 14.8 Å². The Kier molecular flexibility index (Phi) is 6.46. The van der Waals surface area contributed by atoms with Gasteiger partial charge in [0.2, 0.25) is 11.8 Å². The van der Waals surface area contributed by atoms with E-state index in [2.05, 4.69) is 16.8 Å². The molecule has 1 aliphatic heterocycles. The number of aliphatic carboxylic acids is 1. The molecular weight excluding hydrogens is 358 g/mol. The quantitative estimate of drug-likeness (QED) is 0.822. The SMILES string of the molecule is CC(=O)N(CC(=O)O)C1CCCN(C(C)c2ncc(-c3ccccc3)o2)CC1. The van der Waals surface area contributed by atoms with Crippen LogP contribution in [-0.4, -0.2) is 57.4 Å². The zero-order valence-corrected chi connectivity index (χ0v) is 16.4. The normalized spacial score (nSPS) is 19.0. The first-order chi connectivity index (χ1) is 13.5. The van der Waals surface area contributed by atoms with Crippen LogP contribution in [0.3, 0.4) is 0 Å². The molecule has 7 nitrogen and oxygen atoms in total. The molecule has 2 aromatic rings. The van der Waals surface area contributed by atoms with Crippen LogP contribution in [0.15, 0.2) is 40.9 Å². The van der Waals surface area contributed by atoms with E-state index in [1.54, 1.807) is 6.20 Å². The molecule has 0 saturated carbocycles. The molecule has 3 rings (SSSR count). The summed E-state index contributed by atoms with van der Waals surface area (Å²) in [6, 6.07) is 9.85. The molecule has 2 atom stereocenters. The second kappa shape index (κ2) is 9.01. The average Bonchev–Trinajstić information content (AvgIpc) is 3.05. The van der Waals surface area contributed by atoms with Gasteiger partial charge in [0.25, 0.3) is 0 Å². The Morgan fingerprint density at radius 3 is 2.71 bits per heavy atom. The lowest BCUT2D eigenvalue weighted by molar-refractivity contribution is -0.145. The predicted octanol–water partition coefficient (Wildman–Crippen LogP) is 3.19. The Morgan fingerprint density at radius 1 is 1.29 bits per heavy atom. The number of likely N-dealkylation sites (tertiary alicyclic amines) is 1. The lowest BCUT2D eigenvalue weighted by atomic mass is 10.1. The van der Waals surface area contributed by atoms with Gasteiger partial charge in [-0.15, -0.1) is 0 Å². The highest BCUT2D eigenvalue weighted by Gasteiger charge is 2.29. The van der Waals surface area contributed by atoms with Gasteiger partial charge in [-0.1, -0.05) is 30.3 Å². The smallest absolute Gasteiger partial charge is 0.323 e. The number of carboxylic acid groups (broad SMARTS) is 1. The van der Waals surface area contributed by atoms with Gasteiger partial charge in [-0.25, -0.2) is 4.98 Å². The van der Waals surface area contributed by atoms with Gasteiger partial charge < -0.3 is 14.4 Å². The number of carbonyl (C=O) groups excluding carboxylic acids is 1. The number of amides is 1. The fourth-order valence-corrected chi connectivity index (χ4v) is 3.82. The van der Waals surface area contributed by atoms with Gasteiger partial charge in [0.1, 0.15) is 6.54 Å². The predicted molar refractivity (Wildman–Crippen MR) is 105 cm³/mol. The van der Waals surface area contributed by atoms with Gasteiger partial charge in [0.15, 0.2) is 5.76 Å². The maximum absolute atomic E-state index is 11.9. The summed E-state index contributed by atoms with van der Waals surface area (Å²) in [5.41, 5.74) is 0.996. The molecule has 0 bridgehead atoms. The Bertz CT molecular complexity index is 805. The third-order valence-corrected chi connectivity index (χ3v) is 5.37. The molecule has 0 radical (unpaired) electrons. The number of rotatable bonds is 6. The van der Waals surface area contributed by atoms with E-state index in [4.69, 9.17) is 9.52 Å². The van der Waals surface area contributed by atoms with Crippen LogP contribution in [0.5, 0.6) is 0 Å². The lowest BCUT2D eigenvalue weighted by Crippen LogP contribution is -2.42. The summed E-state index contributed by atoms with van der Waals surface area (Å²) in [6.07, 6.45) is 4.19. The molecule has 1 saturated heterocycles. The molecule has 1 amide bonds. The minimum absolute atomic E-state index is 0.0152. The number of aromatic nitrogens is 1. The van der Waals surface area contributed by atoms with E-state index in [0.717, 1.165) is 43.7 Å². The minimum Gasteiger partial charge on any atom is -0.480 e. The summed E-state index contributed by atoms with van der Waals surface area (Å²) < 4.78 is 6.00. The summed E-state index contributed by atoms with van der Waals surface area (Å²) in [6.45, 7) is 4.89. The Balaban J connectivity index is 1.66. The van der Waals surface area contributed by atoms with Crippen molar-refractivity contribution in [2.75, 3.05) is 19.6 Å². The van der Waals surface area contributed by atoms with Crippen LogP contribution in [0.1, 0.15) is 45.0 Å². The van der Waals surface area contributed by atoms with Crippen LogP contribution >= 0.6 is 0 Å². The average molecular weight is 385 g/mol. The van der Waals surface area contributed by atoms with Crippen molar-refractivity contribution in [3.05, 3.63) is 42.4 Å². The van der Waals surface area contributed by atoms with E-state index in [-0.39, 0.29) is 24.5 Å². The summed E-state index contributed by atoms with van der Waals surface area (Å²) in [7, 11) is 0. The summed E-state index contributed by atoms with van der Waals surface area (Å²) in [4.78, 5) is 31.2. The molecule has 1 aromatic carbocycles. The first-order valence-electron chi connectivity index (χ1n) is 9.70. The van der Waals surface area contributed by atoms with Gasteiger partial charge in [-0.2, -0.15) is 0 Å². The molecule has 2 unspecified atom stereocenters. The van der Waals surface area contributed by atoms with Gasteiger partial charge in [0.05, 0.1) is 12.2 Å². The molecule has 150 valence electrons. The standard InChI is InChI=1S/C21H27N3O4/c1-15(21-22-13-19(28-21)17-7-4-3-5-8-17)23-11-6-9-18(10-12-23)24(16(2)25)14-20(26)27/h3-5,7-8,13,15,18H,6,9-12,14H2,1-2H3,(H,26,27). The zero-order chi connectivity index (χ0) is 20.1. The van der Waals surface area contributed by atoms with Crippen molar-refractivity contribution < 1.29 is 19.1 Å². The number of benzene rings is 1. The van der Waals surface area contributed by atoms with Crippen molar-refractivity contribution >= 4 is 11.9 Å².